The van der Waals surface area contributed by atoms with Crippen LogP contribution in [0.2, 0.25) is 0 Å². The fourth-order valence-electron chi connectivity index (χ4n) is 5.34. The SMILES string of the molecule is CCCCC=CCC=CCCCCCCCCOC(COCCCCCCCCC=CCC=CCCCCC)Cn1ccnc1. The van der Waals surface area contributed by atoms with Crippen LogP contribution in [0.5, 0.6) is 0 Å². The van der Waals surface area contributed by atoms with Crippen LogP contribution in [0.4, 0.5) is 0 Å². The number of ether oxygens (including phenoxy) is 2. The van der Waals surface area contributed by atoms with Crippen molar-refractivity contribution in [2.45, 2.75) is 174 Å². The molecule has 0 bridgehead atoms. The first-order valence-corrected chi connectivity index (χ1v) is 19.1. The largest absolute Gasteiger partial charge is 0.379 e. The Bertz CT molecular complexity index is 811. The molecular formula is C41H72N2O2. The lowest BCUT2D eigenvalue weighted by molar-refractivity contribution is -0.0265. The van der Waals surface area contributed by atoms with Gasteiger partial charge < -0.3 is 14.0 Å². The van der Waals surface area contributed by atoms with Crippen LogP contribution in [-0.2, 0) is 16.0 Å². The topological polar surface area (TPSA) is 36.3 Å². The highest BCUT2D eigenvalue weighted by Gasteiger charge is 2.10. The Hall–Kier alpha value is -1.91. The molecule has 0 aliphatic rings. The Kier molecular flexibility index (Phi) is 31.9. The second kappa shape index (κ2) is 35.0. The number of nitrogens with zero attached hydrogens (tertiary/aromatic N) is 2. The van der Waals surface area contributed by atoms with Crippen LogP contribution in [0.3, 0.4) is 0 Å². The maximum atomic E-state index is 6.26. The van der Waals surface area contributed by atoms with Gasteiger partial charge in [-0.05, 0) is 70.6 Å². The molecule has 1 heterocycles. The Labute approximate surface area is 279 Å². The summed E-state index contributed by atoms with van der Waals surface area (Å²) in [6.07, 6.45) is 53.6. The van der Waals surface area contributed by atoms with Crippen LogP contribution in [0.1, 0.15) is 162 Å². The molecule has 1 unspecified atom stereocenters. The van der Waals surface area contributed by atoms with E-state index in [1.165, 1.54) is 122 Å². The summed E-state index contributed by atoms with van der Waals surface area (Å²) in [7, 11) is 0. The number of rotatable bonds is 34. The minimum Gasteiger partial charge on any atom is -0.379 e. The van der Waals surface area contributed by atoms with E-state index in [1.807, 2.05) is 18.7 Å². The van der Waals surface area contributed by atoms with Gasteiger partial charge in [-0.2, -0.15) is 0 Å². The van der Waals surface area contributed by atoms with Crippen LogP contribution >= 0.6 is 0 Å². The van der Waals surface area contributed by atoms with Crippen molar-refractivity contribution in [3.63, 3.8) is 0 Å². The van der Waals surface area contributed by atoms with Gasteiger partial charge in [0.2, 0.25) is 0 Å². The van der Waals surface area contributed by atoms with Gasteiger partial charge >= 0.3 is 0 Å². The van der Waals surface area contributed by atoms with Crippen LogP contribution in [-0.4, -0.2) is 35.5 Å². The van der Waals surface area contributed by atoms with Crippen molar-refractivity contribution in [1.82, 2.24) is 9.55 Å². The Balaban J connectivity index is 1.98. The van der Waals surface area contributed by atoms with E-state index >= 15 is 0 Å². The number of hydrogen-bond donors (Lipinski definition) is 0. The van der Waals surface area contributed by atoms with E-state index in [1.54, 1.807) is 0 Å². The summed E-state index contributed by atoms with van der Waals surface area (Å²) in [5.41, 5.74) is 0. The molecule has 0 fully saturated rings. The molecule has 258 valence electrons. The van der Waals surface area contributed by atoms with Crippen LogP contribution in [0.15, 0.2) is 67.3 Å². The molecule has 0 amide bonds. The lowest BCUT2D eigenvalue weighted by Gasteiger charge is -2.19. The number of unbranched alkanes of at least 4 members (excludes halogenated alkanes) is 17. The fourth-order valence-corrected chi connectivity index (χ4v) is 5.34. The van der Waals surface area contributed by atoms with Crippen molar-refractivity contribution in [2.24, 2.45) is 0 Å². The maximum Gasteiger partial charge on any atom is 0.0987 e. The van der Waals surface area contributed by atoms with E-state index in [2.05, 4.69) is 72.0 Å². The number of allylic oxidation sites excluding steroid dienone is 8. The third-order valence-electron chi connectivity index (χ3n) is 8.22. The first-order valence-electron chi connectivity index (χ1n) is 19.1. The maximum absolute atomic E-state index is 6.26. The van der Waals surface area contributed by atoms with Gasteiger partial charge in [-0.25, -0.2) is 4.98 Å². The van der Waals surface area contributed by atoms with Gasteiger partial charge in [0.05, 0.1) is 25.6 Å². The second-order valence-electron chi connectivity index (χ2n) is 12.6. The third kappa shape index (κ3) is 30.5. The molecule has 1 aromatic rings. The van der Waals surface area contributed by atoms with Crippen LogP contribution in [0.25, 0.3) is 0 Å². The summed E-state index contributed by atoms with van der Waals surface area (Å²) in [6, 6.07) is 0. The van der Waals surface area contributed by atoms with Gasteiger partial charge in [0, 0.05) is 25.6 Å². The second-order valence-corrected chi connectivity index (χ2v) is 12.6. The van der Waals surface area contributed by atoms with E-state index in [4.69, 9.17) is 9.47 Å². The zero-order valence-electron chi connectivity index (χ0n) is 29.7. The number of aromatic nitrogens is 2. The van der Waals surface area contributed by atoms with Crippen molar-refractivity contribution < 1.29 is 9.47 Å². The molecule has 0 N–H and O–H groups in total. The van der Waals surface area contributed by atoms with E-state index in [0.29, 0.717) is 6.61 Å². The zero-order valence-corrected chi connectivity index (χ0v) is 29.7. The predicted octanol–water partition coefficient (Wildman–Crippen LogP) is 12.5. The lowest BCUT2D eigenvalue weighted by atomic mass is 10.1. The minimum absolute atomic E-state index is 0.0945. The highest BCUT2D eigenvalue weighted by molar-refractivity contribution is 4.93. The van der Waals surface area contributed by atoms with E-state index < -0.39 is 0 Å². The molecule has 0 radical (unpaired) electrons. The van der Waals surface area contributed by atoms with Gasteiger partial charge in [-0.15, -0.1) is 0 Å². The summed E-state index contributed by atoms with van der Waals surface area (Å²) >= 11 is 0. The standard InChI is InChI=1S/C41H72N2O2/c1-3-5-7-9-11-13-15-17-19-21-22-24-26-28-30-32-36-44-39-41(38-43-35-34-42-40-43)45-37-33-31-29-27-25-23-20-18-16-14-12-10-8-6-4-2/h10-13,16-19,34-35,40-41H,3-9,14-15,20-33,36-39H2,1-2H3. The average Bonchev–Trinajstić information content (AvgIpc) is 3.57. The molecule has 0 saturated heterocycles. The molecule has 0 aliphatic carbocycles. The summed E-state index contributed by atoms with van der Waals surface area (Å²) in [5.74, 6) is 0. The molecule has 45 heavy (non-hydrogen) atoms. The Morgan fingerprint density at radius 1 is 0.556 bits per heavy atom. The first-order chi connectivity index (χ1) is 22.4. The molecule has 0 aromatic carbocycles. The van der Waals surface area contributed by atoms with Gasteiger partial charge in [0.1, 0.15) is 0 Å². The quantitative estimate of drug-likeness (QED) is 0.0565. The molecule has 0 aliphatic heterocycles. The molecule has 1 atom stereocenters. The third-order valence-corrected chi connectivity index (χ3v) is 8.22. The van der Waals surface area contributed by atoms with Crippen molar-refractivity contribution in [1.29, 1.82) is 0 Å². The highest BCUT2D eigenvalue weighted by Crippen LogP contribution is 2.11. The van der Waals surface area contributed by atoms with Crippen molar-refractivity contribution in [3.8, 4) is 0 Å². The van der Waals surface area contributed by atoms with Crippen LogP contribution < -0.4 is 0 Å². The zero-order chi connectivity index (χ0) is 32.1. The highest BCUT2D eigenvalue weighted by atomic mass is 16.5. The average molecular weight is 625 g/mol. The van der Waals surface area contributed by atoms with E-state index in [-0.39, 0.29) is 6.10 Å². The fraction of sp³-hybridized carbons (Fsp3) is 0.732. The molecule has 1 rings (SSSR count). The molecule has 0 saturated carbocycles. The number of imidazole rings is 1. The van der Waals surface area contributed by atoms with Crippen molar-refractivity contribution in [2.75, 3.05) is 19.8 Å². The van der Waals surface area contributed by atoms with E-state index in [9.17, 15) is 0 Å². The predicted molar refractivity (Wildman–Crippen MR) is 197 cm³/mol. The molecular weight excluding hydrogens is 552 g/mol. The Morgan fingerprint density at radius 2 is 1.04 bits per heavy atom. The summed E-state index contributed by atoms with van der Waals surface area (Å²) < 4.78 is 14.4. The smallest absolute Gasteiger partial charge is 0.0987 e. The first kappa shape index (κ1) is 41.1. The Morgan fingerprint density at radius 3 is 1.58 bits per heavy atom. The molecule has 0 spiro atoms. The normalized spacial score (nSPS) is 13.0. The monoisotopic (exact) mass is 625 g/mol. The summed E-state index contributed by atoms with van der Waals surface area (Å²) in [6.45, 7) is 7.65. The molecule has 4 nitrogen and oxygen atoms in total. The number of hydrogen-bond acceptors (Lipinski definition) is 3. The van der Waals surface area contributed by atoms with Gasteiger partial charge in [0.15, 0.2) is 0 Å². The minimum atomic E-state index is 0.0945. The van der Waals surface area contributed by atoms with Crippen molar-refractivity contribution in [3.05, 3.63) is 67.3 Å². The molecule has 1 aromatic heterocycles. The van der Waals surface area contributed by atoms with Gasteiger partial charge in [0.25, 0.3) is 0 Å². The van der Waals surface area contributed by atoms with Gasteiger partial charge in [-0.1, -0.05) is 140 Å². The summed E-state index contributed by atoms with van der Waals surface area (Å²) in [4.78, 5) is 4.19. The van der Waals surface area contributed by atoms with Crippen LogP contribution in [0, 0.1) is 0 Å². The molecule has 4 heteroatoms. The van der Waals surface area contributed by atoms with Gasteiger partial charge in [-0.3, -0.25) is 0 Å². The van der Waals surface area contributed by atoms with Crippen molar-refractivity contribution >= 4 is 0 Å². The van der Waals surface area contributed by atoms with E-state index in [0.717, 1.165) is 45.4 Å². The summed E-state index contributed by atoms with van der Waals surface area (Å²) in [5, 5.41) is 0. The lowest BCUT2D eigenvalue weighted by Crippen LogP contribution is -2.26.